The minimum absolute atomic E-state index is 0.687. The smallest absolute Gasteiger partial charge is 0.111 e. The molecule has 0 spiro atoms. The summed E-state index contributed by atoms with van der Waals surface area (Å²) in [7, 11) is 0. The molecule has 4 aromatic rings. The fourth-order valence-electron chi connectivity index (χ4n) is 4.99. The summed E-state index contributed by atoms with van der Waals surface area (Å²) in [5.74, 6) is 1.28. The Morgan fingerprint density at radius 3 is 2.89 bits per heavy atom. The van der Waals surface area contributed by atoms with Gasteiger partial charge in [0.15, 0.2) is 0 Å². The van der Waals surface area contributed by atoms with E-state index in [0.717, 1.165) is 25.0 Å². The maximum atomic E-state index is 5.07. The molecule has 2 aliphatic rings. The highest BCUT2D eigenvalue weighted by Gasteiger charge is 2.27. The number of imidazole rings is 1. The van der Waals surface area contributed by atoms with Gasteiger partial charge in [-0.3, -0.25) is 4.90 Å². The van der Waals surface area contributed by atoms with E-state index in [4.69, 9.17) is 4.98 Å². The third-order valence-electron chi connectivity index (χ3n) is 6.46. The highest BCUT2D eigenvalue weighted by atomic mass is 15.2. The molecule has 1 fully saturated rings. The molecule has 0 amide bonds. The molecule has 0 bridgehead atoms. The molecule has 0 N–H and O–H groups in total. The second-order valence-electron chi connectivity index (χ2n) is 8.03. The number of nitrogens with zero attached hydrogens (tertiary/aromatic N) is 4. The van der Waals surface area contributed by atoms with Crippen molar-refractivity contribution in [3.8, 4) is 11.1 Å². The first kappa shape index (κ1) is 15.5. The van der Waals surface area contributed by atoms with Crippen LogP contribution in [0.15, 0.2) is 54.9 Å². The molecule has 4 nitrogen and oxygen atoms in total. The zero-order valence-corrected chi connectivity index (χ0v) is 15.5. The molecule has 3 aromatic heterocycles. The van der Waals surface area contributed by atoms with E-state index in [9.17, 15) is 0 Å². The van der Waals surface area contributed by atoms with Crippen molar-refractivity contribution in [3.05, 3.63) is 60.7 Å². The third-order valence-corrected chi connectivity index (χ3v) is 6.46. The first-order chi connectivity index (χ1) is 13.3. The predicted molar refractivity (Wildman–Crippen MR) is 109 cm³/mol. The Bertz CT molecular complexity index is 1140. The maximum absolute atomic E-state index is 5.07. The maximum Gasteiger partial charge on any atom is 0.111 e. The molecular formula is C23H24N4. The number of hydrogen-bond acceptors (Lipinski definition) is 2. The Balaban J connectivity index is 1.41. The lowest BCUT2D eigenvalue weighted by molar-refractivity contribution is 0.152. The van der Waals surface area contributed by atoms with Crippen LogP contribution in [0.25, 0.3) is 27.7 Å². The van der Waals surface area contributed by atoms with Gasteiger partial charge in [-0.2, -0.15) is 0 Å². The molecule has 5 heterocycles. The molecule has 136 valence electrons. The number of hydrogen-bond donors (Lipinski definition) is 0. The molecule has 0 radical (unpaired) electrons. The number of aromatic nitrogens is 3. The molecule has 0 saturated carbocycles. The van der Waals surface area contributed by atoms with Crippen molar-refractivity contribution in [3.63, 3.8) is 0 Å². The summed E-state index contributed by atoms with van der Waals surface area (Å²) >= 11 is 0. The van der Waals surface area contributed by atoms with Crippen LogP contribution in [-0.4, -0.2) is 38.0 Å². The average Bonchev–Trinajstić information content (AvgIpc) is 3.25. The van der Waals surface area contributed by atoms with Gasteiger partial charge in [0.05, 0.1) is 11.0 Å². The molecule has 6 rings (SSSR count). The van der Waals surface area contributed by atoms with Gasteiger partial charge in [0.1, 0.15) is 5.82 Å². The SMILES string of the molecule is c1cc2ccc(-c3ccc4c(c3)nc3n4CCN4CCCC[C@H]4C3)cn2c1. The van der Waals surface area contributed by atoms with Crippen molar-refractivity contribution in [1.82, 2.24) is 18.9 Å². The Kier molecular flexibility index (Phi) is 3.41. The van der Waals surface area contributed by atoms with E-state index >= 15 is 0 Å². The van der Waals surface area contributed by atoms with Gasteiger partial charge >= 0.3 is 0 Å². The summed E-state index contributed by atoms with van der Waals surface area (Å²) in [6.45, 7) is 3.49. The number of pyridine rings is 1. The lowest BCUT2D eigenvalue weighted by Gasteiger charge is -2.33. The van der Waals surface area contributed by atoms with Crippen LogP contribution in [0.3, 0.4) is 0 Å². The van der Waals surface area contributed by atoms with E-state index < -0.39 is 0 Å². The summed E-state index contributed by atoms with van der Waals surface area (Å²) in [5.41, 5.74) is 6.13. The minimum Gasteiger partial charge on any atom is -0.327 e. The quantitative estimate of drug-likeness (QED) is 0.506. The standard InChI is InChI=1S/C23H24N4/c1-2-10-25-12-13-27-22-9-7-17(14-21(22)24-23(27)15-20(25)4-1)18-6-8-19-5-3-11-26(19)16-18/h3,5-9,11,14,16,20H,1-2,4,10,12-13,15H2/t20-/m0/s1. The molecule has 0 unspecified atom stereocenters. The van der Waals surface area contributed by atoms with Gasteiger partial charge in [0, 0.05) is 43.5 Å². The highest BCUT2D eigenvalue weighted by Crippen LogP contribution is 2.29. The van der Waals surface area contributed by atoms with Gasteiger partial charge in [0.25, 0.3) is 0 Å². The van der Waals surface area contributed by atoms with E-state index in [1.807, 2.05) is 0 Å². The number of fused-ring (bicyclic) bond motifs is 5. The molecular weight excluding hydrogens is 332 g/mol. The highest BCUT2D eigenvalue weighted by molar-refractivity contribution is 5.83. The summed E-state index contributed by atoms with van der Waals surface area (Å²) in [6.07, 6.45) is 9.45. The van der Waals surface area contributed by atoms with E-state index in [1.54, 1.807) is 0 Å². The Morgan fingerprint density at radius 2 is 1.89 bits per heavy atom. The van der Waals surface area contributed by atoms with Crippen molar-refractivity contribution < 1.29 is 0 Å². The lowest BCUT2D eigenvalue weighted by atomic mass is 10.00. The third kappa shape index (κ3) is 2.51. The van der Waals surface area contributed by atoms with Crippen LogP contribution >= 0.6 is 0 Å². The van der Waals surface area contributed by atoms with Gasteiger partial charge in [-0.1, -0.05) is 18.6 Å². The normalized spacial score (nSPS) is 20.5. The van der Waals surface area contributed by atoms with Gasteiger partial charge in [-0.05, 0) is 60.8 Å². The van der Waals surface area contributed by atoms with Crippen LogP contribution < -0.4 is 0 Å². The Hall–Kier alpha value is -2.59. The molecule has 1 atom stereocenters. The van der Waals surface area contributed by atoms with E-state index in [1.165, 1.54) is 53.8 Å². The monoisotopic (exact) mass is 356 g/mol. The second-order valence-corrected chi connectivity index (χ2v) is 8.03. The Morgan fingerprint density at radius 1 is 0.926 bits per heavy atom. The largest absolute Gasteiger partial charge is 0.327 e. The summed E-state index contributed by atoms with van der Waals surface area (Å²) < 4.78 is 4.64. The number of benzene rings is 1. The fourth-order valence-corrected chi connectivity index (χ4v) is 4.99. The summed E-state index contributed by atoms with van der Waals surface area (Å²) in [4.78, 5) is 7.76. The van der Waals surface area contributed by atoms with E-state index in [2.05, 4.69) is 68.7 Å². The van der Waals surface area contributed by atoms with Crippen LogP contribution in [0.1, 0.15) is 25.1 Å². The van der Waals surface area contributed by atoms with Crippen molar-refractivity contribution in [2.45, 2.75) is 38.3 Å². The Labute approximate surface area is 159 Å². The van der Waals surface area contributed by atoms with E-state index in [0.29, 0.717) is 6.04 Å². The average molecular weight is 356 g/mol. The first-order valence-corrected chi connectivity index (χ1v) is 10.2. The van der Waals surface area contributed by atoms with Gasteiger partial charge < -0.3 is 8.97 Å². The molecule has 0 aliphatic carbocycles. The molecule has 27 heavy (non-hydrogen) atoms. The second kappa shape index (κ2) is 5.96. The van der Waals surface area contributed by atoms with Crippen LogP contribution in [0.5, 0.6) is 0 Å². The first-order valence-electron chi connectivity index (χ1n) is 10.2. The number of rotatable bonds is 1. The minimum atomic E-state index is 0.687. The van der Waals surface area contributed by atoms with Gasteiger partial charge in [-0.25, -0.2) is 4.98 Å². The topological polar surface area (TPSA) is 25.5 Å². The summed E-state index contributed by atoms with van der Waals surface area (Å²) in [6, 6.07) is 16.1. The predicted octanol–water partition coefficient (Wildman–Crippen LogP) is 4.37. The van der Waals surface area contributed by atoms with Crippen molar-refractivity contribution in [2.24, 2.45) is 0 Å². The van der Waals surface area contributed by atoms with E-state index in [-0.39, 0.29) is 0 Å². The van der Waals surface area contributed by atoms with Crippen LogP contribution in [-0.2, 0) is 13.0 Å². The van der Waals surface area contributed by atoms with Crippen LogP contribution in [0, 0.1) is 0 Å². The fraction of sp³-hybridized carbons (Fsp3) is 0.348. The lowest BCUT2D eigenvalue weighted by Crippen LogP contribution is -2.40. The molecule has 1 saturated heterocycles. The van der Waals surface area contributed by atoms with Gasteiger partial charge in [0.2, 0.25) is 0 Å². The zero-order chi connectivity index (χ0) is 17.8. The van der Waals surface area contributed by atoms with Crippen LogP contribution in [0.2, 0.25) is 0 Å². The molecule has 2 aliphatic heterocycles. The summed E-state index contributed by atoms with van der Waals surface area (Å²) in [5, 5.41) is 0. The van der Waals surface area contributed by atoms with Crippen molar-refractivity contribution in [2.75, 3.05) is 13.1 Å². The van der Waals surface area contributed by atoms with Gasteiger partial charge in [-0.15, -0.1) is 0 Å². The molecule has 1 aromatic carbocycles. The van der Waals surface area contributed by atoms with Crippen LogP contribution in [0.4, 0.5) is 0 Å². The molecule has 4 heteroatoms. The van der Waals surface area contributed by atoms with Crippen molar-refractivity contribution in [1.29, 1.82) is 0 Å². The zero-order valence-electron chi connectivity index (χ0n) is 15.5. The van der Waals surface area contributed by atoms with Crippen molar-refractivity contribution >= 4 is 16.6 Å². The number of piperidine rings is 1.